The number of anilines is 1. The van der Waals surface area contributed by atoms with E-state index in [1.807, 2.05) is 38.1 Å². The van der Waals surface area contributed by atoms with Crippen LogP contribution in [0.15, 0.2) is 36.4 Å². The van der Waals surface area contributed by atoms with E-state index < -0.39 is 6.61 Å². The second kappa shape index (κ2) is 6.32. The van der Waals surface area contributed by atoms with Crippen LogP contribution in [0.25, 0.3) is 0 Å². The molecule has 0 bridgehead atoms. The summed E-state index contributed by atoms with van der Waals surface area (Å²) < 4.78 is 29.2. The summed E-state index contributed by atoms with van der Waals surface area (Å²) in [5.41, 5.74) is 2.55. The molecule has 0 aliphatic carbocycles. The first-order valence-electron chi connectivity index (χ1n) is 6.26. The van der Waals surface area contributed by atoms with E-state index in [1.54, 1.807) is 12.1 Å². The predicted molar refractivity (Wildman–Crippen MR) is 74.1 cm³/mol. The second-order valence-corrected chi connectivity index (χ2v) is 4.51. The fraction of sp³-hybridized carbons (Fsp3) is 0.267. The lowest BCUT2D eigenvalue weighted by molar-refractivity contribution is -0.0504. The van der Waals surface area contributed by atoms with Crippen LogP contribution in [0.1, 0.15) is 16.8 Å². The summed E-state index contributed by atoms with van der Waals surface area (Å²) in [6, 6.07) is 10.7. The quantitative estimate of drug-likeness (QED) is 0.900. The van der Waals surface area contributed by atoms with Gasteiger partial charge in [0.1, 0.15) is 11.6 Å². The van der Waals surface area contributed by atoms with Crippen molar-refractivity contribution in [1.29, 1.82) is 0 Å². The molecule has 106 valence electrons. The van der Waals surface area contributed by atoms with Gasteiger partial charge in [0.05, 0.1) is 0 Å². The van der Waals surface area contributed by atoms with E-state index in [4.69, 9.17) is 0 Å². The Morgan fingerprint density at radius 3 is 2.70 bits per heavy atom. The number of alkyl halides is 2. The van der Waals surface area contributed by atoms with E-state index in [1.165, 1.54) is 0 Å². The number of hydrogen-bond acceptors (Lipinski definition) is 3. The number of aromatic nitrogens is 1. The summed E-state index contributed by atoms with van der Waals surface area (Å²) in [5.74, 6) is 0.889. The molecule has 1 N–H and O–H groups in total. The molecule has 20 heavy (non-hydrogen) atoms. The fourth-order valence-electron chi connectivity index (χ4n) is 1.88. The maximum Gasteiger partial charge on any atom is 0.387 e. The Labute approximate surface area is 116 Å². The molecule has 0 atom stereocenters. The number of aryl methyl sites for hydroxylation is 2. The van der Waals surface area contributed by atoms with Crippen LogP contribution in [-0.4, -0.2) is 11.6 Å². The third-order valence-corrected chi connectivity index (χ3v) is 2.78. The summed E-state index contributed by atoms with van der Waals surface area (Å²) in [6.07, 6.45) is 0. The van der Waals surface area contributed by atoms with Crippen LogP contribution >= 0.6 is 0 Å². The van der Waals surface area contributed by atoms with Crippen molar-refractivity contribution < 1.29 is 13.5 Å². The van der Waals surface area contributed by atoms with E-state index in [9.17, 15) is 8.78 Å². The summed E-state index contributed by atoms with van der Waals surface area (Å²) in [4.78, 5) is 4.30. The van der Waals surface area contributed by atoms with Gasteiger partial charge in [0.25, 0.3) is 0 Å². The molecule has 1 aromatic carbocycles. The Hall–Kier alpha value is -2.17. The monoisotopic (exact) mass is 278 g/mol. The van der Waals surface area contributed by atoms with Gasteiger partial charge in [-0.05, 0) is 32.0 Å². The van der Waals surface area contributed by atoms with Crippen LogP contribution in [0.3, 0.4) is 0 Å². The summed E-state index contributed by atoms with van der Waals surface area (Å²) in [6.45, 7) is 1.35. The topological polar surface area (TPSA) is 34.1 Å². The van der Waals surface area contributed by atoms with Gasteiger partial charge in [-0.15, -0.1) is 0 Å². The lowest BCUT2D eigenvalue weighted by Crippen LogP contribution is -2.08. The van der Waals surface area contributed by atoms with Crippen LogP contribution in [0.5, 0.6) is 5.75 Å². The molecule has 0 aliphatic rings. The standard InChI is InChI=1S/C15H16F2N2O/c1-10-6-7-13(20-15(16)17)12(8-10)9-18-14-5-3-4-11(2)19-14/h3-8,15H,9H2,1-2H3,(H,18,19). The van der Waals surface area contributed by atoms with Crippen molar-refractivity contribution in [2.45, 2.75) is 27.0 Å². The first-order valence-corrected chi connectivity index (χ1v) is 6.26. The number of halogens is 2. The van der Waals surface area contributed by atoms with Crippen molar-refractivity contribution in [3.63, 3.8) is 0 Å². The molecule has 0 saturated heterocycles. The smallest absolute Gasteiger partial charge is 0.387 e. The van der Waals surface area contributed by atoms with Crippen molar-refractivity contribution in [3.05, 3.63) is 53.2 Å². The predicted octanol–water partition coefficient (Wildman–Crippen LogP) is 3.91. The van der Waals surface area contributed by atoms with Gasteiger partial charge in [0, 0.05) is 17.8 Å². The van der Waals surface area contributed by atoms with Crippen LogP contribution < -0.4 is 10.1 Å². The molecule has 0 unspecified atom stereocenters. The third-order valence-electron chi connectivity index (χ3n) is 2.78. The Kier molecular flexibility index (Phi) is 4.50. The van der Waals surface area contributed by atoms with E-state index in [-0.39, 0.29) is 5.75 Å². The molecule has 0 spiro atoms. The molecule has 1 heterocycles. The number of ether oxygens (including phenoxy) is 1. The lowest BCUT2D eigenvalue weighted by atomic mass is 10.1. The van der Waals surface area contributed by atoms with Crippen LogP contribution in [0, 0.1) is 13.8 Å². The molecular formula is C15H16F2N2O. The van der Waals surface area contributed by atoms with Gasteiger partial charge in [-0.1, -0.05) is 23.8 Å². The van der Waals surface area contributed by atoms with E-state index >= 15 is 0 Å². The van der Waals surface area contributed by atoms with Gasteiger partial charge < -0.3 is 10.1 Å². The molecule has 0 aliphatic heterocycles. The van der Waals surface area contributed by atoms with Crippen LogP contribution in [0.2, 0.25) is 0 Å². The van der Waals surface area contributed by atoms with Gasteiger partial charge in [-0.25, -0.2) is 4.98 Å². The number of nitrogens with zero attached hydrogens (tertiary/aromatic N) is 1. The number of hydrogen-bond donors (Lipinski definition) is 1. The zero-order valence-corrected chi connectivity index (χ0v) is 11.4. The summed E-state index contributed by atoms with van der Waals surface area (Å²) >= 11 is 0. The maximum atomic E-state index is 12.4. The molecule has 2 aromatic rings. The van der Waals surface area contributed by atoms with E-state index in [0.717, 1.165) is 11.3 Å². The third kappa shape index (κ3) is 3.91. The molecule has 2 rings (SSSR count). The molecule has 1 aromatic heterocycles. The Morgan fingerprint density at radius 2 is 2.00 bits per heavy atom. The Morgan fingerprint density at radius 1 is 1.20 bits per heavy atom. The first-order chi connectivity index (χ1) is 9.54. The molecule has 5 heteroatoms. The van der Waals surface area contributed by atoms with Gasteiger partial charge in [-0.3, -0.25) is 0 Å². The SMILES string of the molecule is Cc1ccc(OC(F)F)c(CNc2cccc(C)n2)c1. The zero-order chi connectivity index (χ0) is 14.5. The second-order valence-electron chi connectivity index (χ2n) is 4.51. The highest BCUT2D eigenvalue weighted by Gasteiger charge is 2.10. The Bertz CT molecular complexity index is 588. The van der Waals surface area contributed by atoms with Gasteiger partial charge in [0.15, 0.2) is 0 Å². The average Bonchev–Trinajstić information content (AvgIpc) is 2.39. The zero-order valence-electron chi connectivity index (χ0n) is 11.4. The number of rotatable bonds is 5. The molecular weight excluding hydrogens is 262 g/mol. The van der Waals surface area contributed by atoms with Crippen molar-refractivity contribution in [2.75, 3.05) is 5.32 Å². The molecule has 0 saturated carbocycles. The maximum absolute atomic E-state index is 12.4. The molecule has 0 radical (unpaired) electrons. The Balaban J connectivity index is 2.13. The number of nitrogens with one attached hydrogen (secondary N) is 1. The van der Waals surface area contributed by atoms with Gasteiger partial charge in [0.2, 0.25) is 0 Å². The van der Waals surface area contributed by atoms with Crippen LogP contribution in [-0.2, 0) is 6.54 Å². The van der Waals surface area contributed by atoms with Gasteiger partial charge >= 0.3 is 6.61 Å². The number of benzene rings is 1. The van der Waals surface area contributed by atoms with Crippen molar-refractivity contribution in [1.82, 2.24) is 4.98 Å². The van der Waals surface area contributed by atoms with Crippen molar-refractivity contribution in [3.8, 4) is 5.75 Å². The minimum Gasteiger partial charge on any atom is -0.434 e. The highest BCUT2D eigenvalue weighted by molar-refractivity contribution is 5.42. The van der Waals surface area contributed by atoms with Crippen molar-refractivity contribution in [2.24, 2.45) is 0 Å². The summed E-state index contributed by atoms with van der Waals surface area (Å²) in [7, 11) is 0. The summed E-state index contributed by atoms with van der Waals surface area (Å²) in [5, 5.41) is 3.11. The first kappa shape index (κ1) is 14.2. The number of pyridine rings is 1. The molecule has 3 nitrogen and oxygen atoms in total. The molecule has 0 fully saturated rings. The minimum absolute atomic E-state index is 0.186. The minimum atomic E-state index is -2.83. The normalized spacial score (nSPS) is 10.7. The van der Waals surface area contributed by atoms with Crippen LogP contribution in [0.4, 0.5) is 14.6 Å². The van der Waals surface area contributed by atoms with E-state index in [0.29, 0.717) is 17.9 Å². The fourth-order valence-corrected chi connectivity index (χ4v) is 1.88. The largest absolute Gasteiger partial charge is 0.434 e. The average molecular weight is 278 g/mol. The van der Waals surface area contributed by atoms with Crippen molar-refractivity contribution >= 4 is 5.82 Å². The lowest BCUT2D eigenvalue weighted by Gasteiger charge is -2.13. The van der Waals surface area contributed by atoms with E-state index in [2.05, 4.69) is 15.0 Å². The van der Waals surface area contributed by atoms with Gasteiger partial charge in [-0.2, -0.15) is 8.78 Å². The highest BCUT2D eigenvalue weighted by Crippen LogP contribution is 2.23. The molecule has 0 amide bonds. The highest BCUT2D eigenvalue weighted by atomic mass is 19.3.